The number of anilines is 1. The number of fused-ring (bicyclic) bond motifs is 1. The van der Waals surface area contributed by atoms with E-state index in [1.807, 2.05) is 0 Å². The standard InChI is InChI=1S/C24H27N3O5S/c1-31-18-11-12-19(20(16-18)32-2)26-23(28)24(13-4-3-5-14-24)27-33(29,30)21-10-6-8-17-9-7-15-25-22(17)21/h6-12,15-16,27H,3-5,13-14H2,1-2H3,(H,26,28). The van der Waals surface area contributed by atoms with Crippen molar-refractivity contribution in [3.63, 3.8) is 0 Å². The molecule has 3 aromatic rings. The highest BCUT2D eigenvalue weighted by atomic mass is 32.2. The van der Waals surface area contributed by atoms with E-state index in [1.54, 1.807) is 55.8 Å². The third-order valence-electron chi connectivity index (χ3n) is 6.01. The lowest BCUT2D eigenvalue weighted by molar-refractivity contribution is -0.122. The molecule has 2 aromatic carbocycles. The summed E-state index contributed by atoms with van der Waals surface area (Å²) in [6.07, 6.45) is 4.77. The number of methoxy groups -OCH3 is 2. The van der Waals surface area contributed by atoms with Crippen LogP contribution in [0.3, 0.4) is 0 Å². The molecule has 0 spiro atoms. The topological polar surface area (TPSA) is 107 Å². The SMILES string of the molecule is COc1ccc(NC(=O)C2(NS(=O)(=O)c3cccc4cccnc34)CCCCC2)c(OC)c1. The molecule has 1 fully saturated rings. The fourth-order valence-corrected chi connectivity index (χ4v) is 5.88. The summed E-state index contributed by atoms with van der Waals surface area (Å²) in [5.41, 5.74) is -0.464. The molecule has 1 aliphatic carbocycles. The largest absolute Gasteiger partial charge is 0.497 e. The molecule has 1 saturated carbocycles. The summed E-state index contributed by atoms with van der Waals surface area (Å²) in [6, 6.07) is 13.6. The fraction of sp³-hybridized carbons (Fsp3) is 0.333. The molecule has 1 amide bonds. The third kappa shape index (κ3) is 4.65. The highest BCUT2D eigenvalue weighted by Gasteiger charge is 2.43. The van der Waals surface area contributed by atoms with E-state index in [4.69, 9.17) is 9.47 Å². The summed E-state index contributed by atoms with van der Waals surface area (Å²) in [5, 5.41) is 3.59. The molecular weight excluding hydrogens is 442 g/mol. The van der Waals surface area contributed by atoms with Crippen molar-refractivity contribution in [2.24, 2.45) is 0 Å². The molecule has 4 rings (SSSR count). The lowest BCUT2D eigenvalue weighted by Crippen LogP contribution is -2.57. The normalized spacial score (nSPS) is 15.7. The molecule has 0 atom stereocenters. The van der Waals surface area contributed by atoms with Crippen molar-refractivity contribution in [1.82, 2.24) is 9.71 Å². The molecule has 33 heavy (non-hydrogen) atoms. The number of hydrogen-bond donors (Lipinski definition) is 2. The van der Waals surface area contributed by atoms with Gasteiger partial charge in [-0.25, -0.2) is 8.42 Å². The zero-order valence-electron chi connectivity index (χ0n) is 18.6. The number of pyridine rings is 1. The minimum Gasteiger partial charge on any atom is -0.497 e. The number of nitrogens with one attached hydrogen (secondary N) is 2. The average Bonchev–Trinajstić information content (AvgIpc) is 2.84. The first-order valence-electron chi connectivity index (χ1n) is 10.8. The zero-order chi connectivity index (χ0) is 23.5. The minimum atomic E-state index is -4.03. The van der Waals surface area contributed by atoms with Gasteiger partial charge in [-0.3, -0.25) is 9.78 Å². The van der Waals surface area contributed by atoms with Crippen LogP contribution in [-0.2, 0) is 14.8 Å². The lowest BCUT2D eigenvalue weighted by atomic mass is 9.82. The Morgan fingerprint density at radius 1 is 1.00 bits per heavy atom. The van der Waals surface area contributed by atoms with Crippen molar-refractivity contribution < 1.29 is 22.7 Å². The van der Waals surface area contributed by atoms with Gasteiger partial charge in [-0.1, -0.05) is 37.5 Å². The molecule has 1 heterocycles. The Morgan fingerprint density at radius 3 is 2.48 bits per heavy atom. The molecular formula is C24H27N3O5S. The Labute approximate surface area is 193 Å². The second-order valence-electron chi connectivity index (χ2n) is 8.10. The minimum absolute atomic E-state index is 0.0559. The Morgan fingerprint density at radius 2 is 1.76 bits per heavy atom. The monoisotopic (exact) mass is 469 g/mol. The highest BCUT2D eigenvalue weighted by molar-refractivity contribution is 7.89. The maximum Gasteiger partial charge on any atom is 0.245 e. The second-order valence-corrected chi connectivity index (χ2v) is 9.75. The fourth-order valence-electron chi connectivity index (χ4n) is 4.28. The number of aromatic nitrogens is 1. The lowest BCUT2D eigenvalue weighted by Gasteiger charge is -2.36. The summed E-state index contributed by atoms with van der Waals surface area (Å²) in [4.78, 5) is 17.9. The number of nitrogens with zero attached hydrogens (tertiary/aromatic N) is 1. The summed E-state index contributed by atoms with van der Waals surface area (Å²) in [5.74, 6) is 0.596. The van der Waals surface area contributed by atoms with Gasteiger partial charge in [0.15, 0.2) is 0 Å². The van der Waals surface area contributed by atoms with Crippen LogP contribution in [0.5, 0.6) is 11.5 Å². The molecule has 0 unspecified atom stereocenters. The average molecular weight is 470 g/mol. The van der Waals surface area contributed by atoms with Gasteiger partial charge < -0.3 is 14.8 Å². The summed E-state index contributed by atoms with van der Waals surface area (Å²) < 4.78 is 40.4. The first kappa shape index (κ1) is 23.0. The molecule has 8 nitrogen and oxygen atoms in total. The van der Waals surface area contributed by atoms with E-state index in [2.05, 4.69) is 15.0 Å². The van der Waals surface area contributed by atoms with Gasteiger partial charge in [0.25, 0.3) is 0 Å². The summed E-state index contributed by atoms with van der Waals surface area (Å²) in [7, 11) is -0.993. The van der Waals surface area contributed by atoms with Crippen LogP contribution in [0.2, 0.25) is 0 Å². The maximum atomic E-state index is 13.5. The van der Waals surface area contributed by atoms with Crippen molar-refractivity contribution >= 4 is 32.5 Å². The van der Waals surface area contributed by atoms with Gasteiger partial charge in [-0.15, -0.1) is 0 Å². The Kier molecular flexibility index (Phi) is 6.53. The first-order chi connectivity index (χ1) is 15.9. The van der Waals surface area contributed by atoms with Crippen molar-refractivity contribution in [3.8, 4) is 11.5 Å². The Bertz CT molecular complexity index is 1260. The predicted octanol–water partition coefficient (Wildman–Crippen LogP) is 3.87. The quantitative estimate of drug-likeness (QED) is 0.544. The van der Waals surface area contributed by atoms with E-state index in [1.165, 1.54) is 13.2 Å². The van der Waals surface area contributed by atoms with E-state index in [0.717, 1.165) is 19.3 Å². The number of carbonyl (C=O) groups excluding carboxylic acids is 1. The number of benzene rings is 2. The number of carbonyl (C=O) groups is 1. The van der Waals surface area contributed by atoms with E-state index in [9.17, 15) is 13.2 Å². The number of sulfonamides is 1. The zero-order valence-corrected chi connectivity index (χ0v) is 19.4. The molecule has 0 aliphatic heterocycles. The molecule has 9 heteroatoms. The van der Waals surface area contributed by atoms with Crippen LogP contribution in [-0.4, -0.2) is 39.1 Å². The van der Waals surface area contributed by atoms with Gasteiger partial charge in [0.2, 0.25) is 15.9 Å². The number of rotatable bonds is 7. The van der Waals surface area contributed by atoms with Crippen LogP contribution in [0.15, 0.2) is 59.6 Å². The van der Waals surface area contributed by atoms with Crippen LogP contribution in [0.25, 0.3) is 10.9 Å². The summed E-state index contributed by atoms with van der Waals surface area (Å²) >= 11 is 0. The molecule has 0 saturated heterocycles. The highest BCUT2D eigenvalue weighted by Crippen LogP contribution is 2.35. The molecule has 2 N–H and O–H groups in total. The van der Waals surface area contributed by atoms with Gasteiger partial charge >= 0.3 is 0 Å². The smallest absolute Gasteiger partial charge is 0.245 e. The predicted molar refractivity (Wildman–Crippen MR) is 126 cm³/mol. The van der Waals surface area contributed by atoms with Crippen molar-refractivity contribution in [3.05, 3.63) is 54.7 Å². The van der Waals surface area contributed by atoms with Gasteiger partial charge in [0.05, 0.1) is 25.4 Å². The first-order valence-corrected chi connectivity index (χ1v) is 12.3. The van der Waals surface area contributed by atoms with Crippen LogP contribution in [0, 0.1) is 0 Å². The summed E-state index contributed by atoms with van der Waals surface area (Å²) in [6.45, 7) is 0. The van der Waals surface area contributed by atoms with E-state index >= 15 is 0 Å². The van der Waals surface area contributed by atoms with Crippen molar-refractivity contribution in [1.29, 1.82) is 0 Å². The van der Waals surface area contributed by atoms with Gasteiger partial charge in [0, 0.05) is 17.6 Å². The van der Waals surface area contributed by atoms with Gasteiger partial charge in [0.1, 0.15) is 21.9 Å². The Balaban J connectivity index is 1.68. The molecule has 174 valence electrons. The van der Waals surface area contributed by atoms with Crippen LogP contribution in [0.1, 0.15) is 32.1 Å². The van der Waals surface area contributed by atoms with Crippen molar-refractivity contribution in [2.45, 2.75) is 42.5 Å². The van der Waals surface area contributed by atoms with E-state index in [-0.39, 0.29) is 4.90 Å². The molecule has 0 bridgehead atoms. The van der Waals surface area contributed by atoms with Crippen LogP contribution < -0.4 is 19.5 Å². The van der Waals surface area contributed by atoms with Crippen LogP contribution >= 0.6 is 0 Å². The number of hydrogen-bond acceptors (Lipinski definition) is 6. The van der Waals surface area contributed by atoms with Gasteiger partial charge in [-0.2, -0.15) is 4.72 Å². The number of ether oxygens (including phenoxy) is 2. The van der Waals surface area contributed by atoms with Crippen molar-refractivity contribution in [2.75, 3.05) is 19.5 Å². The molecule has 0 radical (unpaired) electrons. The maximum absolute atomic E-state index is 13.5. The second kappa shape index (κ2) is 9.36. The number of para-hydroxylation sites is 1. The van der Waals surface area contributed by atoms with Gasteiger partial charge in [-0.05, 0) is 37.1 Å². The number of amides is 1. The molecule has 1 aliphatic rings. The van der Waals surface area contributed by atoms with E-state index in [0.29, 0.717) is 40.9 Å². The van der Waals surface area contributed by atoms with Crippen LogP contribution in [0.4, 0.5) is 5.69 Å². The molecule has 1 aromatic heterocycles. The third-order valence-corrected chi connectivity index (χ3v) is 7.58. The van der Waals surface area contributed by atoms with E-state index < -0.39 is 21.5 Å². The Hall–Kier alpha value is -3.17.